The van der Waals surface area contributed by atoms with Gasteiger partial charge < -0.3 is 10.0 Å². The number of nitrogens with zero attached hydrogens (tertiary/aromatic N) is 1. The maximum Gasteiger partial charge on any atom is 0.397 e. The highest BCUT2D eigenvalue weighted by Gasteiger charge is 1.95. The van der Waals surface area contributed by atoms with E-state index in [1.54, 1.807) is 13.0 Å². The summed E-state index contributed by atoms with van der Waals surface area (Å²) >= 11 is 0. The van der Waals surface area contributed by atoms with Crippen LogP contribution in [0.4, 0.5) is 0 Å². The molecule has 0 saturated heterocycles. The van der Waals surface area contributed by atoms with Crippen LogP contribution in [-0.2, 0) is 19.4 Å². The molecule has 8 heteroatoms. The molecule has 0 radical (unpaired) electrons. The molecule has 0 saturated carbocycles. The van der Waals surface area contributed by atoms with E-state index in [1.807, 2.05) is 33.0 Å². The van der Waals surface area contributed by atoms with E-state index in [1.165, 1.54) is 0 Å². The summed E-state index contributed by atoms with van der Waals surface area (Å²) in [6.07, 6.45) is 2.47. The Labute approximate surface area is 109 Å². The van der Waals surface area contributed by atoms with Crippen LogP contribution in [0.1, 0.15) is 20.3 Å². The molecule has 7 nitrogen and oxygen atoms in total. The van der Waals surface area contributed by atoms with E-state index in [0.717, 1.165) is 13.5 Å². The molecule has 0 aromatic heterocycles. The van der Waals surface area contributed by atoms with Crippen LogP contribution in [0.25, 0.3) is 0 Å². The lowest BCUT2D eigenvalue weighted by molar-refractivity contribution is -0.132. The van der Waals surface area contributed by atoms with Crippen molar-refractivity contribution in [2.24, 2.45) is 0 Å². The third-order valence-electron chi connectivity index (χ3n) is 1.06. The van der Waals surface area contributed by atoms with Gasteiger partial charge in [-0.2, -0.15) is 8.42 Å². The predicted molar refractivity (Wildman–Crippen MR) is 69.9 cm³/mol. The molecule has 0 amide bonds. The van der Waals surface area contributed by atoms with Gasteiger partial charge in [-0.25, -0.2) is 4.79 Å². The number of carbonyl (C=O) groups is 1. The Bertz CT molecular complexity index is 332. The minimum absolute atomic E-state index is 0.424. The molecule has 0 aliphatic heterocycles. The van der Waals surface area contributed by atoms with Gasteiger partial charge >= 0.3 is 16.4 Å². The maximum absolute atomic E-state index is 10.0. The molecule has 0 fully saturated rings. The summed E-state index contributed by atoms with van der Waals surface area (Å²) in [6.45, 7) is 3.50. The molecule has 0 bridgehead atoms. The fraction of sp³-hybridized carbons (Fsp3) is 0.700. The third-order valence-corrected chi connectivity index (χ3v) is 1.48. The molecular formula is C10H23NO6S. The average molecular weight is 285 g/mol. The Morgan fingerprint density at radius 2 is 1.61 bits per heavy atom. The Morgan fingerprint density at radius 3 is 1.67 bits per heavy atom. The van der Waals surface area contributed by atoms with E-state index in [9.17, 15) is 13.2 Å². The molecule has 0 aromatic rings. The van der Waals surface area contributed by atoms with Gasteiger partial charge in [0.2, 0.25) is 0 Å². The van der Waals surface area contributed by atoms with Crippen LogP contribution in [0.2, 0.25) is 0 Å². The lowest BCUT2D eigenvalue weighted by atomic mass is 10.2. The molecule has 0 spiro atoms. The van der Waals surface area contributed by atoms with Crippen molar-refractivity contribution >= 4 is 16.4 Å². The summed E-state index contributed by atoms with van der Waals surface area (Å²) < 4.78 is 29.7. The first-order valence-electron chi connectivity index (χ1n) is 5.01. The van der Waals surface area contributed by atoms with Crippen LogP contribution in [0, 0.1) is 0 Å². The Morgan fingerprint density at radius 1 is 1.33 bits per heavy atom. The van der Waals surface area contributed by atoms with Gasteiger partial charge in [-0.3, -0.25) is 8.74 Å². The van der Waals surface area contributed by atoms with Crippen molar-refractivity contribution in [3.8, 4) is 0 Å². The van der Waals surface area contributed by atoms with Gasteiger partial charge in [-0.05, 0) is 34.5 Å². The molecule has 110 valence electrons. The van der Waals surface area contributed by atoms with Gasteiger partial charge in [0.15, 0.2) is 0 Å². The minimum atomic E-state index is -4.16. The number of allylic oxidation sites excluding steroid dienone is 1. The third kappa shape index (κ3) is 36.3. The average Bonchev–Trinajstić information content (AvgIpc) is 2.17. The molecule has 0 atom stereocenters. The second-order valence-corrected chi connectivity index (χ2v) is 4.73. The van der Waals surface area contributed by atoms with Crippen molar-refractivity contribution in [3.63, 3.8) is 0 Å². The van der Waals surface area contributed by atoms with Crippen molar-refractivity contribution in [1.29, 1.82) is 0 Å². The molecule has 0 rings (SSSR count). The number of carboxylic acid groups (broad SMARTS) is 1. The quantitative estimate of drug-likeness (QED) is 0.589. The Balaban J connectivity index is -0.000000200. The number of hydrogen-bond acceptors (Lipinski definition) is 5. The van der Waals surface area contributed by atoms with E-state index in [0.29, 0.717) is 5.57 Å². The molecule has 0 aromatic carbocycles. The summed E-state index contributed by atoms with van der Waals surface area (Å²) in [5, 5.41) is 8.24. The monoisotopic (exact) mass is 285 g/mol. The van der Waals surface area contributed by atoms with Crippen LogP contribution in [0.15, 0.2) is 11.6 Å². The second kappa shape index (κ2) is 12.5. The first-order chi connectivity index (χ1) is 7.97. The lowest BCUT2D eigenvalue weighted by Gasteiger charge is -1.90. The number of aliphatic carboxylic acids is 1. The van der Waals surface area contributed by atoms with Gasteiger partial charge in [0, 0.05) is 5.57 Å². The zero-order valence-corrected chi connectivity index (χ0v) is 12.5. The second-order valence-electron chi connectivity index (χ2n) is 3.54. The highest BCUT2D eigenvalue weighted by atomic mass is 32.3. The number of hydrogen-bond donors (Lipinski definition) is 2. The summed E-state index contributed by atoms with van der Waals surface area (Å²) in [5.74, 6) is -0.827. The Hall–Kier alpha value is -0.960. The normalized spacial score (nSPS) is 11.0. The SMILES string of the molecule is CCC=C(C)C(=O)O.CN(C)C.COS(=O)(=O)O. The van der Waals surface area contributed by atoms with Crippen LogP contribution in [0.5, 0.6) is 0 Å². The van der Waals surface area contributed by atoms with Crippen molar-refractivity contribution in [2.45, 2.75) is 20.3 Å². The molecule has 18 heavy (non-hydrogen) atoms. The van der Waals surface area contributed by atoms with Gasteiger partial charge in [-0.1, -0.05) is 13.0 Å². The zero-order chi connectivity index (χ0) is 15.4. The smallest absolute Gasteiger partial charge is 0.397 e. The summed E-state index contributed by atoms with van der Waals surface area (Å²) in [6, 6.07) is 0. The lowest BCUT2D eigenvalue weighted by Crippen LogP contribution is -1.99. The number of carboxylic acids is 1. The molecule has 0 aliphatic carbocycles. The van der Waals surface area contributed by atoms with E-state index in [-0.39, 0.29) is 0 Å². The number of rotatable bonds is 3. The molecular weight excluding hydrogens is 262 g/mol. The van der Waals surface area contributed by atoms with E-state index in [2.05, 4.69) is 4.18 Å². The largest absolute Gasteiger partial charge is 0.478 e. The van der Waals surface area contributed by atoms with Crippen molar-refractivity contribution in [1.82, 2.24) is 4.90 Å². The van der Waals surface area contributed by atoms with E-state index >= 15 is 0 Å². The predicted octanol–water partition coefficient (Wildman–Crippen LogP) is 1.04. The van der Waals surface area contributed by atoms with Gasteiger partial charge in [0.25, 0.3) is 0 Å². The fourth-order valence-corrected chi connectivity index (χ4v) is 0.393. The van der Waals surface area contributed by atoms with Crippen LogP contribution in [0.3, 0.4) is 0 Å². The standard InChI is InChI=1S/C6H10O2.C3H9N.CH4O4S/c1-3-4-5(2)6(7)8;1-4(2)3;1-5-6(2,3)4/h4H,3H2,1-2H3,(H,7,8);1-3H3;1H3,(H,2,3,4). The van der Waals surface area contributed by atoms with Crippen molar-refractivity contribution < 1.29 is 27.1 Å². The molecule has 0 heterocycles. The van der Waals surface area contributed by atoms with E-state index in [4.69, 9.17) is 9.66 Å². The molecule has 2 N–H and O–H groups in total. The summed E-state index contributed by atoms with van der Waals surface area (Å²) in [4.78, 5) is 12.0. The molecule has 0 aliphatic rings. The minimum Gasteiger partial charge on any atom is -0.478 e. The van der Waals surface area contributed by atoms with Crippen LogP contribution >= 0.6 is 0 Å². The van der Waals surface area contributed by atoms with Crippen molar-refractivity contribution in [3.05, 3.63) is 11.6 Å². The van der Waals surface area contributed by atoms with Gasteiger partial charge in [0.1, 0.15) is 0 Å². The highest BCUT2D eigenvalue weighted by Crippen LogP contribution is 1.92. The Kier molecular flexibility index (Phi) is 15.4. The van der Waals surface area contributed by atoms with Crippen LogP contribution < -0.4 is 0 Å². The molecule has 0 unspecified atom stereocenters. The van der Waals surface area contributed by atoms with E-state index < -0.39 is 16.4 Å². The highest BCUT2D eigenvalue weighted by molar-refractivity contribution is 7.80. The first-order valence-corrected chi connectivity index (χ1v) is 6.38. The zero-order valence-electron chi connectivity index (χ0n) is 11.7. The van der Waals surface area contributed by atoms with Crippen molar-refractivity contribution in [2.75, 3.05) is 28.3 Å². The maximum atomic E-state index is 10.0. The fourth-order valence-electron chi connectivity index (χ4n) is 0.393. The summed E-state index contributed by atoms with van der Waals surface area (Å²) in [7, 11) is 2.71. The summed E-state index contributed by atoms with van der Waals surface area (Å²) in [5.41, 5.74) is 0.424. The van der Waals surface area contributed by atoms with Gasteiger partial charge in [0.05, 0.1) is 7.11 Å². The first kappa shape index (κ1) is 22.2. The topological polar surface area (TPSA) is 104 Å². The van der Waals surface area contributed by atoms with Crippen LogP contribution in [-0.4, -0.2) is 57.2 Å². The van der Waals surface area contributed by atoms with Gasteiger partial charge in [-0.15, -0.1) is 0 Å².